The smallest absolute Gasteiger partial charge is 0.217 e. The molecule has 4 nitrogen and oxygen atoms in total. The summed E-state index contributed by atoms with van der Waals surface area (Å²) in [6.45, 7) is 3.22. The lowest BCUT2D eigenvalue weighted by Crippen LogP contribution is -2.13. The summed E-state index contributed by atoms with van der Waals surface area (Å²) in [5.74, 6) is 0.892. The maximum Gasteiger partial charge on any atom is 0.217 e. The number of hydrogen-bond acceptors (Lipinski definition) is 4. The van der Waals surface area contributed by atoms with E-state index in [2.05, 4.69) is 4.99 Å². The van der Waals surface area contributed by atoms with Crippen LogP contribution in [0.3, 0.4) is 0 Å². The predicted octanol–water partition coefficient (Wildman–Crippen LogP) is 1.24. The second-order valence-corrected chi connectivity index (χ2v) is 4.13. The highest BCUT2D eigenvalue weighted by Gasteiger charge is 2.37. The number of benzene rings is 1. The van der Waals surface area contributed by atoms with Gasteiger partial charge in [-0.05, 0) is 19.1 Å². The average molecular weight is 219 g/mol. The first-order valence-electron chi connectivity index (χ1n) is 5.37. The molecule has 3 rings (SSSR count). The molecule has 4 heteroatoms. The summed E-state index contributed by atoms with van der Waals surface area (Å²) in [7, 11) is 0. The molecule has 0 bridgehead atoms. The third kappa shape index (κ3) is 1.55. The maximum atomic E-state index is 9.61. The van der Waals surface area contributed by atoms with Crippen molar-refractivity contribution in [1.82, 2.24) is 0 Å². The van der Waals surface area contributed by atoms with Gasteiger partial charge in [0.1, 0.15) is 24.5 Å². The zero-order chi connectivity index (χ0) is 11.1. The average Bonchev–Trinajstić information content (AvgIpc) is 3.02. The van der Waals surface area contributed by atoms with E-state index in [1.54, 1.807) is 12.1 Å². The van der Waals surface area contributed by atoms with Crippen molar-refractivity contribution in [2.75, 3.05) is 13.2 Å². The molecule has 2 aliphatic heterocycles. The van der Waals surface area contributed by atoms with Crippen molar-refractivity contribution >= 4 is 5.90 Å². The Morgan fingerprint density at radius 3 is 2.94 bits per heavy atom. The first kappa shape index (κ1) is 9.66. The number of ether oxygens (including phenoxy) is 2. The summed E-state index contributed by atoms with van der Waals surface area (Å²) >= 11 is 0. The minimum Gasteiger partial charge on any atom is -0.508 e. The van der Waals surface area contributed by atoms with Gasteiger partial charge in [0.25, 0.3) is 0 Å². The van der Waals surface area contributed by atoms with Crippen LogP contribution < -0.4 is 0 Å². The van der Waals surface area contributed by atoms with Crippen molar-refractivity contribution in [3.8, 4) is 5.75 Å². The van der Waals surface area contributed by atoms with Crippen LogP contribution >= 0.6 is 0 Å². The first-order chi connectivity index (χ1) is 7.75. The van der Waals surface area contributed by atoms with Crippen LogP contribution in [0.25, 0.3) is 0 Å². The van der Waals surface area contributed by atoms with Crippen LogP contribution in [0.5, 0.6) is 5.75 Å². The molecule has 1 N–H and O–H groups in total. The van der Waals surface area contributed by atoms with Crippen LogP contribution in [0.15, 0.2) is 23.2 Å². The van der Waals surface area contributed by atoms with E-state index in [9.17, 15) is 5.11 Å². The maximum absolute atomic E-state index is 9.61. The number of epoxide rings is 1. The predicted molar refractivity (Wildman–Crippen MR) is 58.9 cm³/mol. The van der Waals surface area contributed by atoms with Crippen LogP contribution in [-0.2, 0) is 9.47 Å². The van der Waals surface area contributed by atoms with Crippen LogP contribution in [0.2, 0.25) is 0 Å². The van der Waals surface area contributed by atoms with Crippen molar-refractivity contribution in [3.05, 3.63) is 29.3 Å². The molecule has 1 aromatic rings. The molecule has 0 unspecified atom stereocenters. The standard InChI is InChI=1S/C12H13NO3/c1-7-8(3-2-4-10(7)14)12-13-9(5-16-12)11-6-15-11/h2-4,9,11,14H,5-6H2,1H3/t9-,11+/m0/s1. The third-order valence-electron chi connectivity index (χ3n) is 3.00. The molecule has 1 aromatic carbocycles. The van der Waals surface area contributed by atoms with E-state index >= 15 is 0 Å². The topological polar surface area (TPSA) is 54.4 Å². The van der Waals surface area contributed by atoms with Crippen molar-refractivity contribution in [2.24, 2.45) is 4.99 Å². The normalized spacial score (nSPS) is 27.4. The largest absolute Gasteiger partial charge is 0.508 e. The summed E-state index contributed by atoms with van der Waals surface area (Å²) in [4.78, 5) is 4.48. The van der Waals surface area contributed by atoms with Gasteiger partial charge in [0.2, 0.25) is 5.90 Å². The lowest BCUT2D eigenvalue weighted by Gasteiger charge is -2.06. The van der Waals surface area contributed by atoms with Crippen molar-refractivity contribution in [3.63, 3.8) is 0 Å². The monoisotopic (exact) mass is 219 g/mol. The fourth-order valence-corrected chi connectivity index (χ4v) is 1.86. The summed E-state index contributed by atoms with van der Waals surface area (Å²) in [6.07, 6.45) is 0.232. The van der Waals surface area contributed by atoms with Crippen molar-refractivity contribution < 1.29 is 14.6 Å². The van der Waals surface area contributed by atoms with Gasteiger partial charge in [0.15, 0.2) is 0 Å². The first-order valence-corrected chi connectivity index (χ1v) is 5.37. The number of rotatable bonds is 2. The molecule has 2 atom stereocenters. The highest BCUT2D eigenvalue weighted by atomic mass is 16.6. The molecule has 0 radical (unpaired) electrons. The Morgan fingerprint density at radius 1 is 1.38 bits per heavy atom. The van der Waals surface area contributed by atoms with Crippen LogP contribution in [-0.4, -0.2) is 36.4 Å². The summed E-state index contributed by atoms with van der Waals surface area (Å²) in [5, 5.41) is 9.61. The molecule has 2 aliphatic rings. The Balaban J connectivity index is 1.92. The van der Waals surface area contributed by atoms with Gasteiger partial charge < -0.3 is 14.6 Å². The molecule has 0 saturated carbocycles. The number of aromatic hydroxyl groups is 1. The van der Waals surface area contributed by atoms with Crippen molar-refractivity contribution in [2.45, 2.75) is 19.1 Å². The second-order valence-electron chi connectivity index (χ2n) is 4.13. The summed E-state index contributed by atoms with van der Waals surface area (Å²) in [6, 6.07) is 5.49. The molecule has 1 fully saturated rings. The highest BCUT2D eigenvalue weighted by molar-refractivity contribution is 5.97. The van der Waals surface area contributed by atoms with Gasteiger partial charge in [-0.15, -0.1) is 0 Å². The Kier molecular flexibility index (Phi) is 2.11. The van der Waals surface area contributed by atoms with E-state index in [4.69, 9.17) is 9.47 Å². The molecule has 16 heavy (non-hydrogen) atoms. The van der Waals surface area contributed by atoms with E-state index in [-0.39, 0.29) is 17.9 Å². The van der Waals surface area contributed by atoms with Gasteiger partial charge in [-0.1, -0.05) is 6.07 Å². The lowest BCUT2D eigenvalue weighted by molar-refractivity contribution is 0.284. The van der Waals surface area contributed by atoms with Gasteiger partial charge in [0, 0.05) is 11.1 Å². The van der Waals surface area contributed by atoms with E-state index in [0.29, 0.717) is 12.5 Å². The van der Waals surface area contributed by atoms with Crippen LogP contribution in [0.1, 0.15) is 11.1 Å². The number of phenols is 1. The Labute approximate surface area is 93.5 Å². The van der Waals surface area contributed by atoms with Gasteiger partial charge in [0.05, 0.1) is 6.61 Å². The van der Waals surface area contributed by atoms with Crippen LogP contribution in [0, 0.1) is 6.92 Å². The minimum absolute atomic E-state index is 0.122. The molecular weight excluding hydrogens is 206 g/mol. The van der Waals surface area contributed by atoms with E-state index in [0.717, 1.165) is 17.7 Å². The Morgan fingerprint density at radius 2 is 2.19 bits per heavy atom. The molecule has 0 spiro atoms. The number of aliphatic imine (C=N–C) groups is 1. The molecular formula is C12H13NO3. The third-order valence-corrected chi connectivity index (χ3v) is 3.00. The van der Waals surface area contributed by atoms with Gasteiger partial charge in [-0.2, -0.15) is 0 Å². The zero-order valence-electron chi connectivity index (χ0n) is 9.01. The van der Waals surface area contributed by atoms with E-state index in [1.807, 2.05) is 13.0 Å². The molecule has 0 aliphatic carbocycles. The summed E-state index contributed by atoms with van der Waals surface area (Å²) in [5.41, 5.74) is 1.67. The van der Waals surface area contributed by atoms with Crippen molar-refractivity contribution in [1.29, 1.82) is 0 Å². The quantitative estimate of drug-likeness (QED) is 0.761. The summed E-state index contributed by atoms with van der Waals surface area (Å²) < 4.78 is 10.7. The molecule has 1 saturated heterocycles. The van der Waals surface area contributed by atoms with E-state index < -0.39 is 0 Å². The Bertz CT molecular complexity index is 452. The lowest BCUT2D eigenvalue weighted by atomic mass is 10.1. The minimum atomic E-state index is 0.122. The highest BCUT2D eigenvalue weighted by Crippen LogP contribution is 2.26. The Hall–Kier alpha value is -1.55. The molecule has 2 heterocycles. The molecule has 84 valence electrons. The number of nitrogens with zero attached hydrogens (tertiary/aromatic N) is 1. The van der Waals surface area contributed by atoms with Gasteiger partial charge >= 0.3 is 0 Å². The fourth-order valence-electron chi connectivity index (χ4n) is 1.86. The second kappa shape index (κ2) is 3.49. The SMILES string of the molecule is Cc1c(O)cccc1C1=N[C@H]([C@H]2CO2)CO1. The van der Waals surface area contributed by atoms with Crippen LogP contribution in [0.4, 0.5) is 0 Å². The fraction of sp³-hybridized carbons (Fsp3) is 0.417. The number of hydrogen-bond donors (Lipinski definition) is 1. The molecule has 0 amide bonds. The van der Waals surface area contributed by atoms with Gasteiger partial charge in [-0.25, -0.2) is 4.99 Å². The zero-order valence-corrected chi connectivity index (χ0v) is 9.01. The van der Waals surface area contributed by atoms with E-state index in [1.165, 1.54) is 0 Å². The molecule has 0 aromatic heterocycles. The van der Waals surface area contributed by atoms with Gasteiger partial charge in [-0.3, -0.25) is 0 Å². The number of phenolic OH excluding ortho intramolecular Hbond substituents is 1.